The van der Waals surface area contributed by atoms with Crippen LogP contribution in [0.4, 0.5) is 11.4 Å². The Morgan fingerprint density at radius 1 is 1.53 bits per heavy atom. The van der Waals surface area contributed by atoms with E-state index in [4.69, 9.17) is 22.4 Å². The van der Waals surface area contributed by atoms with Gasteiger partial charge in [0.05, 0.1) is 23.9 Å². The Bertz CT molecular complexity index is 463. The van der Waals surface area contributed by atoms with Gasteiger partial charge in [0.1, 0.15) is 0 Å². The maximum absolute atomic E-state index is 12.0. The molecule has 0 saturated heterocycles. The summed E-state index contributed by atoms with van der Waals surface area (Å²) >= 11 is 5.99. The van der Waals surface area contributed by atoms with E-state index in [1.54, 1.807) is 18.2 Å². The first-order valence-corrected chi connectivity index (χ1v) is 6.67. The monoisotopic (exact) mass is 283 g/mol. The normalized spacial score (nSPS) is 14.7. The third kappa shape index (κ3) is 4.09. The third-order valence-corrected chi connectivity index (χ3v) is 3.39. The lowest BCUT2D eigenvalue weighted by atomic mass is 10.3. The second-order valence-electron chi connectivity index (χ2n) is 4.71. The van der Waals surface area contributed by atoms with Crippen LogP contribution in [0.3, 0.4) is 0 Å². The minimum Gasteiger partial charge on any atom is -0.399 e. The molecule has 0 aromatic heterocycles. The molecule has 0 aliphatic heterocycles. The summed E-state index contributed by atoms with van der Waals surface area (Å²) in [4.78, 5) is 13.9. The molecule has 104 valence electrons. The second kappa shape index (κ2) is 6.23. The van der Waals surface area contributed by atoms with Gasteiger partial charge in [0.15, 0.2) is 0 Å². The molecule has 1 aromatic rings. The summed E-state index contributed by atoms with van der Waals surface area (Å²) in [5.74, 6) is -0.146. The van der Waals surface area contributed by atoms with E-state index < -0.39 is 0 Å². The average molecular weight is 284 g/mol. The lowest BCUT2D eigenvalue weighted by Gasteiger charge is -2.20. The molecule has 1 aromatic carbocycles. The van der Waals surface area contributed by atoms with Crippen LogP contribution in [0, 0.1) is 0 Å². The van der Waals surface area contributed by atoms with Crippen LogP contribution in [-0.2, 0) is 4.79 Å². The molecule has 1 amide bonds. The fraction of sp³-hybridized carbons (Fsp3) is 0.462. The summed E-state index contributed by atoms with van der Waals surface area (Å²) in [6.07, 6.45) is 2.18. The highest BCUT2D eigenvalue weighted by molar-refractivity contribution is 6.33. The predicted molar refractivity (Wildman–Crippen MR) is 76.2 cm³/mol. The van der Waals surface area contributed by atoms with E-state index in [-0.39, 0.29) is 19.1 Å². The molecule has 0 radical (unpaired) electrons. The number of rotatable bonds is 6. The molecule has 0 unspecified atom stereocenters. The van der Waals surface area contributed by atoms with Gasteiger partial charge in [0.25, 0.3) is 0 Å². The summed E-state index contributed by atoms with van der Waals surface area (Å²) in [6, 6.07) is 5.39. The van der Waals surface area contributed by atoms with Gasteiger partial charge in [-0.05, 0) is 31.0 Å². The zero-order valence-corrected chi connectivity index (χ0v) is 11.4. The van der Waals surface area contributed by atoms with Gasteiger partial charge in [0, 0.05) is 18.3 Å². The van der Waals surface area contributed by atoms with Crippen molar-refractivity contribution in [1.82, 2.24) is 4.90 Å². The highest BCUT2D eigenvalue weighted by Gasteiger charge is 2.29. The molecule has 0 atom stereocenters. The quantitative estimate of drug-likeness (QED) is 0.688. The van der Waals surface area contributed by atoms with Crippen LogP contribution in [0.15, 0.2) is 18.2 Å². The molecule has 6 heteroatoms. The van der Waals surface area contributed by atoms with Gasteiger partial charge >= 0.3 is 0 Å². The number of nitrogens with one attached hydrogen (secondary N) is 1. The van der Waals surface area contributed by atoms with Gasteiger partial charge in [-0.15, -0.1) is 0 Å². The number of hydrogen-bond acceptors (Lipinski definition) is 4. The lowest BCUT2D eigenvalue weighted by Crippen LogP contribution is -2.36. The number of carbonyl (C=O) groups is 1. The van der Waals surface area contributed by atoms with Crippen LogP contribution in [0.2, 0.25) is 5.02 Å². The van der Waals surface area contributed by atoms with Crippen molar-refractivity contribution in [2.75, 3.05) is 30.7 Å². The lowest BCUT2D eigenvalue weighted by molar-refractivity contribution is -0.117. The van der Waals surface area contributed by atoms with Crippen LogP contribution in [0.5, 0.6) is 0 Å². The van der Waals surface area contributed by atoms with Crippen molar-refractivity contribution in [3.05, 3.63) is 23.2 Å². The fourth-order valence-corrected chi connectivity index (χ4v) is 2.14. The zero-order valence-electron chi connectivity index (χ0n) is 10.6. The van der Waals surface area contributed by atoms with Crippen LogP contribution in [0.25, 0.3) is 0 Å². The van der Waals surface area contributed by atoms with Crippen molar-refractivity contribution >= 4 is 28.9 Å². The van der Waals surface area contributed by atoms with E-state index >= 15 is 0 Å². The Balaban J connectivity index is 1.94. The van der Waals surface area contributed by atoms with E-state index in [2.05, 4.69) is 5.32 Å². The van der Waals surface area contributed by atoms with E-state index in [0.717, 1.165) is 12.8 Å². The molecule has 5 nitrogen and oxygen atoms in total. The highest BCUT2D eigenvalue weighted by atomic mass is 35.5. The van der Waals surface area contributed by atoms with Crippen LogP contribution >= 0.6 is 11.6 Å². The van der Waals surface area contributed by atoms with Crippen LogP contribution < -0.4 is 11.1 Å². The summed E-state index contributed by atoms with van der Waals surface area (Å²) < 4.78 is 0. The maximum atomic E-state index is 12.0. The van der Waals surface area contributed by atoms with Crippen molar-refractivity contribution < 1.29 is 9.90 Å². The van der Waals surface area contributed by atoms with Crippen LogP contribution in [0.1, 0.15) is 12.8 Å². The maximum Gasteiger partial charge on any atom is 0.238 e. The second-order valence-corrected chi connectivity index (χ2v) is 5.12. The number of hydrogen-bond donors (Lipinski definition) is 3. The molecular weight excluding hydrogens is 266 g/mol. The SMILES string of the molecule is Nc1ccc(Cl)c(NC(=O)CN(CCO)C2CC2)c1. The minimum absolute atomic E-state index is 0.0584. The number of benzene rings is 1. The van der Waals surface area contributed by atoms with Crippen molar-refractivity contribution in [1.29, 1.82) is 0 Å². The first-order valence-electron chi connectivity index (χ1n) is 6.30. The Morgan fingerprint density at radius 3 is 2.89 bits per heavy atom. The fourth-order valence-electron chi connectivity index (χ4n) is 1.97. The summed E-state index contributed by atoms with van der Waals surface area (Å²) in [6.45, 7) is 0.835. The molecule has 0 bridgehead atoms. The highest BCUT2D eigenvalue weighted by Crippen LogP contribution is 2.27. The smallest absolute Gasteiger partial charge is 0.238 e. The first-order chi connectivity index (χ1) is 9.10. The average Bonchev–Trinajstić information content (AvgIpc) is 3.17. The van der Waals surface area contributed by atoms with E-state index in [0.29, 0.717) is 29.0 Å². The Hall–Kier alpha value is -1.30. The van der Waals surface area contributed by atoms with Crippen molar-refractivity contribution in [3.63, 3.8) is 0 Å². The van der Waals surface area contributed by atoms with Crippen molar-refractivity contribution in [3.8, 4) is 0 Å². The van der Waals surface area contributed by atoms with Crippen LogP contribution in [-0.4, -0.2) is 41.7 Å². The Kier molecular flexibility index (Phi) is 4.63. The Morgan fingerprint density at radius 2 is 2.26 bits per heavy atom. The number of anilines is 2. The molecule has 1 aliphatic carbocycles. The molecule has 0 spiro atoms. The Labute approximate surface area is 117 Å². The topological polar surface area (TPSA) is 78.6 Å². The molecule has 1 saturated carbocycles. The van der Waals surface area contributed by atoms with Gasteiger partial charge in [-0.2, -0.15) is 0 Å². The van der Waals surface area contributed by atoms with Gasteiger partial charge in [-0.3, -0.25) is 9.69 Å². The van der Waals surface area contributed by atoms with E-state index in [1.165, 1.54) is 0 Å². The standard InChI is InChI=1S/C13H18ClN3O2/c14-11-4-1-9(15)7-12(11)16-13(19)8-17(5-6-18)10-2-3-10/h1,4,7,10,18H,2-3,5-6,8,15H2,(H,16,19). The molecule has 1 aliphatic rings. The van der Waals surface area contributed by atoms with Gasteiger partial charge < -0.3 is 16.2 Å². The number of nitrogen functional groups attached to an aromatic ring is 1. The number of nitrogens with zero attached hydrogens (tertiary/aromatic N) is 1. The van der Waals surface area contributed by atoms with Gasteiger partial charge in [0.2, 0.25) is 5.91 Å². The van der Waals surface area contributed by atoms with Crippen molar-refractivity contribution in [2.45, 2.75) is 18.9 Å². The molecule has 1 fully saturated rings. The molecule has 19 heavy (non-hydrogen) atoms. The molecular formula is C13H18ClN3O2. The number of aliphatic hydroxyl groups excluding tert-OH is 1. The minimum atomic E-state index is -0.146. The third-order valence-electron chi connectivity index (χ3n) is 3.06. The largest absolute Gasteiger partial charge is 0.399 e. The molecule has 4 N–H and O–H groups in total. The number of amides is 1. The summed E-state index contributed by atoms with van der Waals surface area (Å²) in [5.41, 5.74) is 6.73. The van der Waals surface area contributed by atoms with Crippen molar-refractivity contribution in [2.24, 2.45) is 0 Å². The van der Waals surface area contributed by atoms with Gasteiger partial charge in [-0.1, -0.05) is 11.6 Å². The number of halogens is 1. The first kappa shape index (κ1) is 14.1. The van der Waals surface area contributed by atoms with Gasteiger partial charge in [-0.25, -0.2) is 0 Å². The predicted octanol–water partition coefficient (Wildman–Crippen LogP) is 1.32. The number of carbonyl (C=O) groups excluding carboxylic acids is 1. The number of aliphatic hydroxyl groups is 1. The van der Waals surface area contributed by atoms with E-state index in [9.17, 15) is 4.79 Å². The number of nitrogens with two attached hydrogens (primary N) is 1. The molecule has 2 rings (SSSR count). The van der Waals surface area contributed by atoms with E-state index in [1.807, 2.05) is 4.90 Å². The summed E-state index contributed by atoms with van der Waals surface area (Å²) in [7, 11) is 0. The summed E-state index contributed by atoms with van der Waals surface area (Å²) in [5, 5.41) is 12.2. The molecule has 0 heterocycles. The zero-order chi connectivity index (χ0) is 13.8.